The van der Waals surface area contributed by atoms with Crippen molar-refractivity contribution in [1.82, 2.24) is 4.90 Å². The fourth-order valence-electron chi connectivity index (χ4n) is 1.86. The summed E-state index contributed by atoms with van der Waals surface area (Å²) in [5.74, 6) is 1.12. The molecule has 0 aromatic heterocycles. The average molecular weight is 236 g/mol. The summed E-state index contributed by atoms with van der Waals surface area (Å²) in [7, 11) is 0. The first-order chi connectivity index (χ1) is 7.66. The molecule has 16 heavy (non-hydrogen) atoms. The van der Waals surface area contributed by atoms with Crippen molar-refractivity contribution in [2.45, 2.75) is 12.2 Å². The zero-order valence-corrected chi connectivity index (χ0v) is 10.2. The molecule has 1 aliphatic rings. The highest BCUT2D eigenvalue weighted by Gasteiger charge is 2.22. The molecule has 0 radical (unpaired) electrons. The number of nitrogens with two attached hydrogens (primary N) is 1. The molecular formula is C12H16N2OS. The Morgan fingerprint density at radius 1 is 1.56 bits per heavy atom. The van der Waals surface area contributed by atoms with E-state index in [0.29, 0.717) is 16.5 Å². The lowest BCUT2D eigenvalue weighted by Gasteiger charge is -2.30. The molecule has 1 saturated heterocycles. The molecule has 3 nitrogen and oxygen atoms in total. The van der Waals surface area contributed by atoms with Crippen LogP contribution in [0.3, 0.4) is 0 Å². The van der Waals surface area contributed by atoms with E-state index in [1.165, 1.54) is 0 Å². The summed E-state index contributed by atoms with van der Waals surface area (Å²) in [4.78, 5) is 14.1. The van der Waals surface area contributed by atoms with E-state index >= 15 is 0 Å². The fraction of sp³-hybridized carbons (Fsp3) is 0.417. The van der Waals surface area contributed by atoms with E-state index in [1.807, 2.05) is 28.8 Å². The van der Waals surface area contributed by atoms with Gasteiger partial charge in [-0.25, -0.2) is 0 Å². The number of carbonyl (C=O) groups excluding carboxylic acids is 1. The van der Waals surface area contributed by atoms with E-state index < -0.39 is 0 Å². The molecule has 1 fully saturated rings. The SMILES string of the molecule is CC1CN(C(=O)c2cccc(N)c2)CCS1. The molecule has 2 rings (SSSR count). The zero-order valence-electron chi connectivity index (χ0n) is 9.35. The topological polar surface area (TPSA) is 46.3 Å². The Balaban J connectivity index is 2.12. The maximum absolute atomic E-state index is 12.2. The van der Waals surface area contributed by atoms with Gasteiger partial charge >= 0.3 is 0 Å². The average Bonchev–Trinajstić information content (AvgIpc) is 2.28. The predicted octanol–water partition coefficient (Wildman–Crippen LogP) is 1.85. The number of benzene rings is 1. The molecule has 86 valence electrons. The van der Waals surface area contributed by atoms with Gasteiger partial charge in [0.15, 0.2) is 0 Å². The summed E-state index contributed by atoms with van der Waals surface area (Å²) in [5, 5.41) is 0.527. The number of nitrogens with zero attached hydrogens (tertiary/aromatic N) is 1. The third kappa shape index (κ3) is 2.50. The molecule has 1 aliphatic heterocycles. The minimum atomic E-state index is 0.0967. The first kappa shape index (κ1) is 11.3. The summed E-state index contributed by atoms with van der Waals surface area (Å²) < 4.78 is 0. The number of anilines is 1. The maximum atomic E-state index is 12.2. The lowest BCUT2D eigenvalue weighted by atomic mass is 10.1. The van der Waals surface area contributed by atoms with Crippen molar-refractivity contribution < 1.29 is 4.79 Å². The molecule has 1 unspecified atom stereocenters. The second kappa shape index (κ2) is 4.78. The van der Waals surface area contributed by atoms with Crippen molar-refractivity contribution in [2.75, 3.05) is 24.6 Å². The molecule has 4 heteroatoms. The van der Waals surface area contributed by atoms with E-state index in [2.05, 4.69) is 6.92 Å². The van der Waals surface area contributed by atoms with Crippen LogP contribution in [0.15, 0.2) is 24.3 Å². The number of hydrogen-bond acceptors (Lipinski definition) is 3. The van der Waals surface area contributed by atoms with Crippen LogP contribution in [-0.4, -0.2) is 34.9 Å². The molecule has 0 spiro atoms. The van der Waals surface area contributed by atoms with Gasteiger partial charge in [0.25, 0.3) is 5.91 Å². The number of thioether (sulfide) groups is 1. The largest absolute Gasteiger partial charge is 0.399 e. The molecular weight excluding hydrogens is 220 g/mol. The zero-order chi connectivity index (χ0) is 11.5. The van der Waals surface area contributed by atoms with E-state index in [1.54, 1.807) is 12.1 Å². The van der Waals surface area contributed by atoms with Crippen molar-refractivity contribution in [3.63, 3.8) is 0 Å². The lowest BCUT2D eigenvalue weighted by molar-refractivity contribution is 0.0763. The first-order valence-electron chi connectivity index (χ1n) is 5.43. The Kier molecular flexibility index (Phi) is 3.39. The molecule has 1 aromatic rings. The Morgan fingerprint density at radius 2 is 2.38 bits per heavy atom. The van der Waals surface area contributed by atoms with E-state index in [4.69, 9.17) is 5.73 Å². The lowest BCUT2D eigenvalue weighted by Crippen LogP contribution is -2.41. The highest BCUT2D eigenvalue weighted by molar-refractivity contribution is 7.99. The van der Waals surface area contributed by atoms with Crippen LogP contribution in [0.1, 0.15) is 17.3 Å². The monoisotopic (exact) mass is 236 g/mol. The molecule has 0 aliphatic carbocycles. The normalized spacial score (nSPS) is 20.8. The minimum absolute atomic E-state index is 0.0967. The Hall–Kier alpha value is -1.16. The van der Waals surface area contributed by atoms with Crippen molar-refractivity contribution >= 4 is 23.4 Å². The second-order valence-electron chi connectivity index (χ2n) is 4.06. The van der Waals surface area contributed by atoms with E-state index in [-0.39, 0.29) is 5.91 Å². The van der Waals surface area contributed by atoms with Gasteiger partial charge in [0.05, 0.1) is 0 Å². The van der Waals surface area contributed by atoms with Gasteiger partial charge in [-0.15, -0.1) is 0 Å². The van der Waals surface area contributed by atoms with Crippen molar-refractivity contribution in [1.29, 1.82) is 0 Å². The van der Waals surface area contributed by atoms with Crippen LogP contribution in [0.4, 0.5) is 5.69 Å². The summed E-state index contributed by atoms with van der Waals surface area (Å²) in [5.41, 5.74) is 7.02. The number of rotatable bonds is 1. The van der Waals surface area contributed by atoms with Crippen LogP contribution in [-0.2, 0) is 0 Å². The van der Waals surface area contributed by atoms with Crippen LogP contribution in [0, 0.1) is 0 Å². The summed E-state index contributed by atoms with van der Waals surface area (Å²) in [6.45, 7) is 3.82. The smallest absolute Gasteiger partial charge is 0.253 e. The summed E-state index contributed by atoms with van der Waals surface area (Å²) in [6.07, 6.45) is 0. The number of amides is 1. The van der Waals surface area contributed by atoms with E-state index in [0.717, 1.165) is 18.8 Å². The van der Waals surface area contributed by atoms with Gasteiger partial charge in [-0.1, -0.05) is 13.0 Å². The van der Waals surface area contributed by atoms with Gasteiger partial charge in [-0.05, 0) is 18.2 Å². The molecule has 0 bridgehead atoms. The Bertz CT molecular complexity index is 394. The molecule has 1 atom stereocenters. The highest BCUT2D eigenvalue weighted by Crippen LogP contribution is 2.20. The Labute approximate surface area is 100.0 Å². The minimum Gasteiger partial charge on any atom is -0.399 e. The quantitative estimate of drug-likeness (QED) is 0.757. The van der Waals surface area contributed by atoms with Gasteiger partial charge in [0, 0.05) is 35.3 Å². The Morgan fingerprint density at radius 3 is 3.06 bits per heavy atom. The molecule has 2 N–H and O–H groups in total. The van der Waals surface area contributed by atoms with Crippen LogP contribution in [0.2, 0.25) is 0 Å². The number of nitrogen functional groups attached to an aromatic ring is 1. The third-order valence-corrected chi connectivity index (χ3v) is 3.80. The van der Waals surface area contributed by atoms with Crippen molar-refractivity contribution in [2.24, 2.45) is 0 Å². The molecule has 1 amide bonds. The maximum Gasteiger partial charge on any atom is 0.253 e. The number of hydrogen-bond donors (Lipinski definition) is 1. The standard InChI is InChI=1S/C12H16N2OS/c1-9-8-14(5-6-16-9)12(15)10-3-2-4-11(13)7-10/h2-4,7,9H,5-6,8,13H2,1H3. The van der Waals surface area contributed by atoms with Gasteiger partial charge in [-0.3, -0.25) is 4.79 Å². The van der Waals surface area contributed by atoms with Gasteiger partial charge in [-0.2, -0.15) is 11.8 Å². The van der Waals surface area contributed by atoms with Crippen LogP contribution in [0.25, 0.3) is 0 Å². The van der Waals surface area contributed by atoms with Crippen molar-refractivity contribution in [3.8, 4) is 0 Å². The summed E-state index contributed by atoms with van der Waals surface area (Å²) in [6, 6.07) is 7.19. The van der Waals surface area contributed by atoms with E-state index in [9.17, 15) is 4.79 Å². The third-order valence-electron chi connectivity index (χ3n) is 2.66. The highest BCUT2D eigenvalue weighted by atomic mass is 32.2. The van der Waals surface area contributed by atoms with Gasteiger partial charge in [0.1, 0.15) is 0 Å². The van der Waals surface area contributed by atoms with Crippen LogP contribution >= 0.6 is 11.8 Å². The van der Waals surface area contributed by atoms with Crippen molar-refractivity contribution in [3.05, 3.63) is 29.8 Å². The molecule has 1 aromatic carbocycles. The first-order valence-corrected chi connectivity index (χ1v) is 6.48. The summed E-state index contributed by atoms with van der Waals surface area (Å²) >= 11 is 1.92. The second-order valence-corrected chi connectivity index (χ2v) is 5.60. The predicted molar refractivity (Wildman–Crippen MR) is 68.7 cm³/mol. The van der Waals surface area contributed by atoms with Crippen LogP contribution < -0.4 is 5.73 Å². The van der Waals surface area contributed by atoms with Crippen LogP contribution in [0.5, 0.6) is 0 Å². The van der Waals surface area contributed by atoms with Gasteiger partial charge in [0.2, 0.25) is 0 Å². The van der Waals surface area contributed by atoms with Gasteiger partial charge < -0.3 is 10.6 Å². The number of carbonyl (C=O) groups is 1. The molecule has 0 saturated carbocycles. The molecule has 1 heterocycles. The fourth-order valence-corrected chi connectivity index (χ4v) is 2.87.